The Bertz CT molecular complexity index is 1250. The van der Waals surface area contributed by atoms with E-state index in [1.807, 2.05) is 30.3 Å². The Kier molecular flexibility index (Phi) is 6.28. The van der Waals surface area contributed by atoms with E-state index < -0.39 is 4.92 Å². The van der Waals surface area contributed by atoms with E-state index in [0.29, 0.717) is 22.1 Å². The number of nitro groups is 1. The lowest BCUT2D eigenvalue weighted by Gasteiger charge is -2.10. The maximum atomic E-state index is 11.7. The molecule has 1 aromatic heterocycles. The summed E-state index contributed by atoms with van der Waals surface area (Å²) in [4.78, 5) is 19.3. The second-order valence-corrected chi connectivity index (χ2v) is 6.95. The van der Waals surface area contributed by atoms with Crippen LogP contribution in [0.3, 0.4) is 0 Å². The molecule has 4 rings (SSSR count). The largest absolute Gasteiger partial charge is 0.353 e. The van der Waals surface area contributed by atoms with Crippen LogP contribution < -0.4 is 10.6 Å². The Morgan fingerprint density at radius 3 is 1.78 bits per heavy atom. The van der Waals surface area contributed by atoms with Crippen molar-refractivity contribution in [2.75, 3.05) is 10.6 Å². The first kappa shape index (κ1) is 20.9. The van der Waals surface area contributed by atoms with E-state index in [4.69, 9.17) is 11.6 Å². The summed E-state index contributed by atoms with van der Waals surface area (Å²) in [6.07, 6.45) is 1.25. The number of anilines is 4. The molecule has 1 heterocycles. The minimum atomic E-state index is -0.539. The third-order valence-corrected chi connectivity index (χ3v) is 4.53. The predicted molar refractivity (Wildman–Crippen MR) is 124 cm³/mol. The van der Waals surface area contributed by atoms with Crippen LogP contribution in [0.1, 0.15) is 0 Å². The molecule has 0 aliphatic carbocycles. The molecule has 0 fully saturated rings. The molecule has 0 saturated carbocycles. The molecule has 9 nitrogen and oxygen atoms in total. The molecule has 0 aliphatic rings. The van der Waals surface area contributed by atoms with E-state index in [1.165, 1.54) is 6.33 Å². The van der Waals surface area contributed by atoms with E-state index in [0.717, 1.165) is 5.69 Å². The molecular formula is C22H16ClN7O2. The van der Waals surface area contributed by atoms with Gasteiger partial charge in [0.25, 0.3) is 0 Å². The van der Waals surface area contributed by atoms with Crippen LogP contribution in [0, 0.1) is 10.1 Å². The van der Waals surface area contributed by atoms with Gasteiger partial charge < -0.3 is 10.6 Å². The third kappa shape index (κ3) is 5.21. The number of hydrogen-bond donors (Lipinski definition) is 2. The molecule has 0 saturated heterocycles. The molecule has 0 unspecified atom stereocenters. The SMILES string of the molecule is O=[N+]([O-])c1c(Nc2ccc(Cl)cc2)ncnc1Nc1ccc(N=Nc2ccccc2)cc1. The average molecular weight is 446 g/mol. The van der Waals surface area contributed by atoms with Crippen LogP contribution in [0.2, 0.25) is 5.02 Å². The van der Waals surface area contributed by atoms with Gasteiger partial charge in [0.15, 0.2) is 0 Å². The molecule has 0 amide bonds. The van der Waals surface area contributed by atoms with Crippen molar-refractivity contribution in [1.82, 2.24) is 9.97 Å². The van der Waals surface area contributed by atoms with Gasteiger partial charge in [0.05, 0.1) is 16.3 Å². The van der Waals surface area contributed by atoms with Crippen LogP contribution in [0.15, 0.2) is 95.4 Å². The molecule has 10 heteroatoms. The van der Waals surface area contributed by atoms with E-state index in [2.05, 4.69) is 30.8 Å². The number of rotatable bonds is 7. The van der Waals surface area contributed by atoms with Gasteiger partial charge in [-0.2, -0.15) is 10.2 Å². The molecule has 3 aromatic carbocycles. The molecule has 0 radical (unpaired) electrons. The lowest BCUT2D eigenvalue weighted by atomic mass is 10.2. The van der Waals surface area contributed by atoms with Crippen molar-refractivity contribution in [3.8, 4) is 0 Å². The van der Waals surface area contributed by atoms with E-state index in [-0.39, 0.29) is 17.3 Å². The zero-order valence-corrected chi connectivity index (χ0v) is 17.3. The maximum Gasteiger partial charge on any atom is 0.353 e. The first-order chi connectivity index (χ1) is 15.6. The normalized spacial score (nSPS) is 10.8. The number of nitrogens with zero attached hydrogens (tertiary/aromatic N) is 5. The van der Waals surface area contributed by atoms with Gasteiger partial charge in [-0.3, -0.25) is 10.1 Å². The first-order valence-electron chi connectivity index (χ1n) is 9.44. The fourth-order valence-electron chi connectivity index (χ4n) is 2.76. The number of azo groups is 1. The fraction of sp³-hybridized carbons (Fsp3) is 0. The van der Waals surface area contributed by atoms with Gasteiger partial charge in [-0.25, -0.2) is 9.97 Å². The average Bonchev–Trinajstić information content (AvgIpc) is 2.81. The standard InChI is InChI=1S/C22H16ClN7O2/c23-15-6-8-16(9-7-15)26-21-20(30(31)32)22(25-14-24-21)27-17-10-12-19(13-11-17)29-28-18-4-2-1-3-5-18/h1-14H,(H2,24,25,26,27). The fourth-order valence-corrected chi connectivity index (χ4v) is 2.89. The van der Waals surface area contributed by atoms with Gasteiger partial charge in [0, 0.05) is 16.4 Å². The second kappa shape index (κ2) is 9.63. The van der Waals surface area contributed by atoms with E-state index in [1.54, 1.807) is 48.5 Å². The summed E-state index contributed by atoms with van der Waals surface area (Å²) in [6, 6.07) is 23.1. The van der Waals surface area contributed by atoms with Crippen molar-refractivity contribution in [3.05, 3.63) is 100 Å². The monoisotopic (exact) mass is 445 g/mol. The summed E-state index contributed by atoms with van der Waals surface area (Å²) in [7, 11) is 0. The minimum absolute atomic E-state index is 0.0557. The molecule has 0 aliphatic heterocycles. The van der Waals surface area contributed by atoms with Crippen LogP contribution >= 0.6 is 11.6 Å². The Balaban J connectivity index is 1.54. The number of aromatic nitrogens is 2. The minimum Gasteiger partial charge on any atom is -0.334 e. The molecule has 0 bridgehead atoms. The molecule has 32 heavy (non-hydrogen) atoms. The van der Waals surface area contributed by atoms with Crippen molar-refractivity contribution < 1.29 is 4.92 Å². The number of halogens is 1. The summed E-state index contributed by atoms with van der Waals surface area (Å²) in [5.41, 5.74) is 2.31. The summed E-state index contributed by atoms with van der Waals surface area (Å²) < 4.78 is 0. The van der Waals surface area contributed by atoms with Crippen molar-refractivity contribution >= 4 is 51.7 Å². The van der Waals surface area contributed by atoms with Crippen LogP contribution in [0.25, 0.3) is 0 Å². The molecule has 0 spiro atoms. The van der Waals surface area contributed by atoms with Crippen LogP contribution in [-0.2, 0) is 0 Å². The molecule has 2 N–H and O–H groups in total. The lowest BCUT2D eigenvalue weighted by molar-refractivity contribution is -0.383. The van der Waals surface area contributed by atoms with Gasteiger partial charge in [-0.05, 0) is 60.7 Å². The van der Waals surface area contributed by atoms with Gasteiger partial charge in [-0.1, -0.05) is 29.8 Å². The first-order valence-corrected chi connectivity index (χ1v) is 9.82. The zero-order valence-electron chi connectivity index (χ0n) is 16.5. The number of nitrogens with one attached hydrogen (secondary N) is 2. The highest BCUT2D eigenvalue weighted by Crippen LogP contribution is 2.33. The van der Waals surface area contributed by atoms with Gasteiger partial charge in [-0.15, -0.1) is 0 Å². The summed E-state index contributed by atoms with van der Waals surface area (Å²) in [5, 5.41) is 26.5. The highest BCUT2D eigenvalue weighted by molar-refractivity contribution is 6.30. The van der Waals surface area contributed by atoms with Gasteiger partial charge >= 0.3 is 5.69 Å². The van der Waals surface area contributed by atoms with Crippen LogP contribution in [-0.4, -0.2) is 14.9 Å². The van der Waals surface area contributed by atoms with Crippen LogP contribution in [0.5, 0.6) is 0 Å². The second-order valence-electron chi connectivity index (χ2n) is 6.52. The zero-order chi connectivity index (χ0) is 22.3. The van der Waals surface area contributed by atoms with Gasteiger partial charge in [0.1, 0.15) is 6.33 Å². The van der Waals surface area contributed by atoms with Crippen molar-refractivity contribution in [1.29, 1.82) is 0 Å². The topological polar surface area (TPSA) is 118 Å². The Morgan fingerprint density at radius 1 is 0.750 bits per heavy atom. The summed E-state index contributed by atoms with van der Waals surface area (Å²) in [5.74, 6) is 0.114. The summed E-state index contributed by atoms with van der Waals surface area (Å²) in [6.45, 7) is 0. The summed E-state index contributed by atoms with van der Waals surface area (Å²) >= 11 is 5.89. The smallest absolute Gasteiger partial charge is 0.334 e. The van der Waals surface area contributed by atoms with Crippen LogP contribution in [0.4, 0.5) is 40.1 Å². The maximum absolute atomic E-state index is 11.7. The lowest BCUT2D eigenvalue weighted by Crippen LogP contribution is -2.05. The van der Waals surface area contributed by atoms with E-state index >= 15 is 0 Å². The number of benzene rings is 3. The third-order valence-electron chi connectivity index (χ3n) is 4.28. The van der Waals surface area contributed by atoms with Crippen molar-refractivity contribution in [2.24, 2.45) is 10.2 Å². The number of hydrogen-bond acceptors (Lipinski definition) is 8. The predicted octanol–water partition coefficient (Wildman–Crippen LogP) is 6.94. The van der Waals surface area contributed by atoms with Crippen molar-refractivity contribution in [2.45, 2.75) is 0 Å². The Labute approximate surface area is 188 Å². The Morgan fingerprint density at radius 2 is 1.25 bits per heavy atom. The van der Waals surface area contributed by atoms with Gasteiger partial charge in [0.2, 0.25) is 11.6 Å². The Hall–Kier alpha value is -4.37. The quantitative estimate of drug-likeness (QED) is 0.181. The molecule has 0 atom stereocenters. The highest BCUT2D eigenvalue weighted by atomic mass is 35.5. The highest BCUT2D eigenvalue weighted by Gasteiger charge is 2.23. The van der Waals surface area contributed by atoms with Crippen molar-refractivity contribution in [3.63, 3.8) is 0 Å². The molecule has 158 valence electrons. The molecular weight excluding hydrogens is 430 g/mol. The molecule has 4 aromatic rings. The van der Waals surface area contributed by atoms with E-state index in [9.17, 15) is 10.1 Å².